The highest BCUT2D eigenvalue weighted by Crippen LogP contribution is 2.35. The lowest BCUT2D eigenvalue weighted by molar-refractivity contribution is -0.123. The molecule has 0 aromatic rings. The number of rotatable bonds is 4. The van der Waals surface area contributed by atoms with Crippen molar-refractivity contribution >= 4 is 5.91 Å². The molecule has 0 spiro atoms. The summed E-state index contributed by atoms with van der Waals surface area (Å²) in [4.78, 5) is 12.2. The van der Waals surface area contributed by atoms with Crippen LogP contribution in [0.15, 0.2) is 0 Å². The lowest BCUT2D eigenvalue weighted by Gasteiger charge is -2.35. The molecule has 0 aliphatic heterocycles. The molecule has 0 aromatic heterocycles. The van der Waals surface area contributed by atoms with E-state index in [-0.39, 0.29) is 5.91 Å². The largest absolute Gasteiger partial charge is 0.353 e. The van der Waals surface area contributed by atoms with Crippen molar-refractivity contribution in [3.8, 4) is 0 Å². The number of amides is 1. The fraction of sp³-hybridized carbons (Fsp3) is 0.941. The van der Waals surface area contributed by atoms with Crippen molar-refractivity contribution in [2.24, 2.45) is 23.0 Å². The average Bonchev–Trinajstić information content (AvgIpc) is 2.42. The van der Waals surface area contributed by atoms with Gasteiger partial charge >= 0.3 is 0 Å². The third-order valence-electron chi connectivity index (χ3n) is 5.48. The lowest BCUT2D eigenvalue weighted by atomic mass is 9.75. The molecule has 0 radical (unpaired) electrons. The van der Waals surface area contributed by atoms with Crippen LogP contribution in [0, 0.1) is 17.3 Å². The van der Waals surface area contributed by atoms with Crippen molar-refractivity contribution < 1.29 is 4.79 Å². The van der Waals surface area contributed by atoms with Crippen LogP contribution < -0.4 is 11.1 Å². The van der Waals surface area contributed by atoms with Gasteiger partial charge in [-0.15, -0.1) is 0 Å². The van der Waals surface area contributed by atoms with E-state index in [1.807, 2.05) is 0 Å². The molecular weight excluding hydrogens is 248 g/mol. The first-order valence-corrected chi connectivity index (χ1v) is 8.48. The predicted molar refractivity (Wildman–Crippen MR) is 83.3 cm³/mol. The average molecular weight is 280 g/mol. The maximum absolute atomic E-state index is 12.2. The van der Waals surface area contributed by atoms with Gasteiger partial charge < -0.3 is 11.1 Å². The molecule has 0 heterocycles. The Hall–Kier alpha value is -0.570. The van der Waals surface area contributed by atoms with Crippen molar-refractivity contribution in [3.63, 3.8) is 0 Å². The normalized spacial score (nSPS) is 30.9. The molecule has 1 amide bonds. The molecule has 3 N–H and O–H groups in total. The first-order chi connectivity index (χ1) is 9.48. The van der Waals surface area contributed by atoms with Gasteiger partial charge in [0, 0.05) is 12.5 Å². The second kappa shape index (κ2) is 6.93. The molecule has 0 aromatic carbocycles. The first kappa shape index (κ1) is 15.8. The highest BCUT2D eigenvalue weighted by atomic mass is 16.1. The van der Waals surface area contributed by atoms with Gasteiger partial charge in [-0.25, -0.2) is 0 Å². The Bertz CT molecular complexity index is 309. The van der Waals surface area contributed by atoms with Crippen LogP contribution in [-0.2, 0) is 4.79 Å². The maximum atomic E-state index is 12.2. The minimum atomic E-state index is 0.283. The third-order valence-corrected chi connectivity index (χ3v) is 5.48. The number of carbonyl (C=O) groups excluding carboxylic acids is 1. The summed E-state index contributed by atoms with van der Waals surface area (Å²) in [5, 5.41) is 3.27. The van der Waals surface area contributed by atoms with E-state index in [9.17, 15) is 4.79 Å². The van der Waals surface area contributed by atoms with E-state index in [2.05, 4.69) is 19.2 Å². The van der Waals surface area contributed by atoms with E-state index < -0.39 is 0 Å². The van der Waals surface area contributed by atoms with Gasteiger partial charge in [0.1, 0.15) is 0 Å². The molecule has 0 unspecified atom stereocenters. The molecule has 116 valence electrons. The summed E-state index contributed by atoms with van der Waals surface area (Å²) in [6, 6.07) is 0.427. The minimum Gasteiger partial charge on any atom is -0.353 e. The summed E-state index contributed by atoms with van der Waals surface area (Å²) in [6.45, 7) is 5.48. The number of nitrogens with one attached hydrogen (secondary N) is 1. The number of hydrogen-bond donors (Lipinski definition) is 2. The van der Waals surface area contributed by atoms with Gasteiger partial charge in [0.15, 0.2) is 0 Å². The standard InChI is InChI=1S/C17H32N2O/c1-17(2)9-7-15(8-10-17)19-16(20)11-13-3-5-14(12-18)6-4-13/h13-15H,3-12,18H2,1-2H3,(H,19,20). The Morgan fingerprint density at radius 1 is 1.05 bits per heavy atom. The molecule has 2 rings (SSSR count). The molecule has 3 heteroatoms. The van der Waals surface area contributed by atoms with Crippen LogP contribution in [0.5, 0.6) is 0 Å². The Kier molecular flexibility index (Phi) is 5.48. The third kappa shape index (κ3) is 4.76. The summed E-state index contributed by atoms with van der Waals surface area (Å²) < 4.78 is 0. The molecule has 0 atom stereocenters. The Morgan fingerprint density at radius 2 is 1.60 bits per heavy atom. The van der Waals surface area contributed by atoms with E-state index in [1.54, 1.807) is 0 Å². The van der Waals surface area contributed by atoms with Crippen LogP contribution in [0.25, 0.3) is 0 Å². The summed E-state index contributed by atoms with van der Waals surface area (Å²) in [5.41, 5.74) is 6.19. The first-order valence-electron chi connectivity index (χ1n) is 8.48. The SMILES string of the molecule is CC1(C)CCC(NC(=O)CC2CCC(CN)CC2)CC1. The number of hydrogen-bond acceptors (Lipinski definition) is 2. The zero-order valence-electron chi connectivity index (χ0n) is 13.3. The van der Waals surface area contributed by atoms with Crippen LogP contribution in [0.4, 0.5) is 0 Å². The summed E-state index contributed by atoms with van der Waals surface area (Å²) in [6.07, 6.45) is 10.3. The monoisotopic (exact) mass is 280 g/mol. The maximum Gasteiger partial charge on any atom is 0.220 e. The highest BCUT2D eigenvalue weighted by Gasteiger charge is 2.28. The molecule has 3 nitrogen and oxygen atoms in total. The Labute approximate surface area is 124 Å². The van der Waals surface area contributed by atoms with Gasteiger partial charge in [-0.2, -0.15) is 0 Å². The van der Waals surface area contributed by atoms with Crippen LogP contribution in [0.2, 0.25) is 0 Å². The number of nitrogens with two attached hydrogens (primary N) is 1. The van der Waals surface area contributed by atoms with Gasteiger partial charge in [0.05, 0.1) is 0 Å². The minimum absolute atomic E-state index is 0.283. The van der Waals surface area contributed by atoms with E-state index in [0.717, 1.165) is 25.8 Å². The number of carbonyl (C=O) groups is 1. The molecule has 2 fully saturated rings. The van der Waals surface area contributed by atoms with Gasteiger partial charge in [0.2, 0.25) is 5.91 Å². The van der Waals surface area contributed by atoms with Crippen LogP contribution in [-0.4, -0.2) is 18.5 Å². The van der Waals surface area contributed by atoms with Gasteiger partial charge in [-0.05, 0) is 75.2 Å². The van der Waals surface area contributed by atoms with Crippen molar-refractivity contribution in [1.29, 1.82) is 0 Å². The molecule has 2 aliphatic rings. The fourth-order valence-corrected chi connectivity index (χ4v) is 3.76. The lowest BCUT2D eigenvalue weighted by Crippen LogP contribution is -2.40. The summed E-state index contributed by atoms with van der Waals surface area (Å²) in [5.74, 6) is 1.58. The molecule has 0 bridgehead atoms. The van der Waals surface area contributed by atoms with Gasteiger partial charge in [-0.3, -0.25) is 4.79 Å². The van der Waals surface area contributed by atoms with Crippen molar-refractivity contribution in [1.82, 2.24) is 5.32 Å². The van der Waals surface area contributed by atoms with Crippen LogP contribution in [0.3, 0.4) is 0 Å². The Balaban J connectivity index is 1.66. The van der Waals surface area contributed by atoms with Crippen molar-refractivity contribution in [2.75, 3.05) is 6.54 Å². The van der Waals surface area contributed by atoms with Crippen LogP contribution >= 0.6 is 0 Å². The molecule has 2 aliphatic carbocycles. The topological polar surface area (TPSA) is 55.1 Å². The zero-order chi connectivity index (χ0) is 14.6. The second-order valence-electron chi connectivity index (χ2n) is 7.83. The van der Waals surface area contributed by atoms with Gasteiger partial charge in [0.25, 0.3) is 0 Å². The van der Waals surface area contributed by atoms with Crippen LogP contribution in [0.1, 0.15) is 71.6 Å². The molecular formula is C17H32N2O. The summed E-state index contributed by atoms with van der Waals surface area (Å²) >= 11 is 0. The highest BCUT2D eigenvalue weighted by molar-refractivity contribution is 5.76. The van der Waals surface area contributed by atoms with E-state index in [4.69, 9.17) is 5.73 Å². The molecule has 20 heavy (non-hydrogen) atoms. The predicted octanol–water partition coefficient (Wildman–Crippen LogP) is 3.23. The van der Waals surface area contributed by atoms with E-state index >= 15 is 0 Å². The molecule has 2 saturated carbocycles. The fourth-order valence-electron chi connectivity index (χ4n) is 3.76. The Morgan fingerprint density at radius 3 is 2.15 bits per heavy atom. The molecule has 0 saturated heterocycles. The van der Waals surface area contributed by atoms with Crippen molar-refractivity contribution in [3.05, 3.63) is 0 Å². The van der Waals surface area contributed by atoms with E-state index in [0.29, 0.717) is 23.3 Å². The zero-order valence-corrected chi connectivity index (χ0v) is 13.3. The summed E-state index contributed by atoms with van der Waals surface area (Å²) in [7, 11) is 0. The van der Waals surface area contributed by atoms with E-state index in [1.165, 1.54) is 38.5 Å². The second-order valence-corrected chi connectivity index (χ2v) is 7.83. The van der Waals surface area contributed by atoms with Gasteiger partial charge in [-0.1, -0.05) is 13.8 Å². The quantitative estimate of drug-likeness (QED) is 0.830. The smallest absolute Gasteiger partial charge is 0.220 e. The van der Waals surface area contributed by atoms with Crippen molar-refractivity contribution in [2.45, 2.75) is 77.7 Å².